The molecule has 0 bridgehead atoms. The van der Waals surface area contributed by atoms with Crippen LogP contribution in [0.2, 0.25) is 5.02 Å². The molecular weight excluding hydrogens is 293 g/mol. The highest BCUT2D eigenvalue weighted by Gasteiger charge is 2.24. The Bertz CT molecular complexity index is 495. The standard InChI is InChI=1S/C16H21ClFNO2/c1-21-9-3-5-12-4-2-8-19(11-12)16(20)13-6-7-14(17)15(18)10-13/h6-7,10,12H,2-5,8-9,11H2,1H3/t12-/m0/s1. The van der Waals surface area contributed by atoms with Gasteiger partial charge in [-0.15, -0.1) is 0 Å². The molecule has 1 saturated heterocycles. The van der Waals surface area contributed by atoms with Gasteiger partial charge < -0.3 is 9.64 Å². The largest absolute Gasteiger partial charge is 0.385 e. The van der Waals surface area contributed by atoms with Crippen LogP contribution in [-0.4, -0.2) is 37.6 Å². The molecule has 1 fully saturated rings. The molecule has 1 atom stereocenters. The molecule has 1 aromatic carbocycles. The molecular formula is C16H21ClFNO2. The zero-order valence-electron chi connectivity index (χ0n) is 12.3. The monoisotopic (exact) mass is 313 g/mol. The van der Waals surface area contributed by atoms with Crippen LogP contribution in [0.25, 0.3) is 0 Å². The van der Waals surface area contributed by atoms with Crippen molar-refractivity contribution in [1.29, 1.82) is 0 Å². The Kier molecular flexibility index (Phi) is 6.00. The highest BCUT2D eigenvalue weighted by atomic mass is 35.5. The van der Waals surface area contributed by atoms with Crippen LogP contribution in [0.5, 0.6) is 0 Å². The van der Waals surface area contributed by atoms with Gasteiger partial charge in [-0.2, -0.15) is 0 Å². The van der Waals surface area contributed by atoms with Gasteiger partial charge in [-0.05, 0) is 49.8 Å². The van der Waals surface area contributed by atoms with E-state index in [9.17, 15) is 9.18 Å². The van der Waals surface area contributed by atoms with Crippen molar-refractivity contribution in [3.05, 3.63) is 34.6 Å². The summed E-state index contributed by atoms with van der Waals surface area (Å²) in [5, 5.41) is 0.0441. The molecule has 3 nitrogen and oxygen atoms in total. The van der Waals surface area contributed by atoms with Crippen molar-refractivity contribution in [3.63, 3.8) is 0 Å². The highest BCUT2D eigenvalue weighted by molar-refractivity contribution is 6.30. The van der Waals surface area contributed by atoms with Crippen LogP contribution < -0.4 is 0 Å². The van der Waals surface area contributed by atoms with E-state index in [1.807, 2.05) is 4.90 Å². The summed E-state index contributed by atoms with van der Waals surface area (Å²) in [7, 11) is 1.70. The molecule has 116 valence electrons. The van der Waals surface area contributed by atoms with Gasteiger partial charge in [0.15, 0.2) is 0 Å². The van der Waals surface area contributed by atoms with Crippen molar-refractivity contribution in [3.8, 4) is 0 Å². The third kappa shape index (κ3) is 4.42. The molecule has 0 saturated carbocycles. The van der Waals surface area contributed by atoms with Crippen LogP contribution in [0.1, 0.15) is 36.0 Å². The molecule has 0 unspecified atom stereocenters. The maximum Gasteiger partial charge on any atom is 0.253 e. The number of hydrogen-bond acceptors (Lipinski definition) is 2. The molecule has 0 spiro atoms. The smallest absolute Gasteiger partial charge is 0.253 e. The summed E-state index contributed by atoms with van der Waals surface area (Å²) in [5.74, 6) is -0.145. The molecule has 0 aliphatic carbocycles. The van der Waals surface area contributed by atoms with Gasteiger partial charge in [0, 0.05) is 32.4 Å². The summed E-state index contributed by atoms with van der Waals surface area (Å²) in [6, 6.07) is 4.24. The number of nitrogens with zero attached hydrogens (tertiary/aromatic N) is 1. The molecule has 5 heteroatoms. The number of likely N-dealkylation sites (tertiary alicyclic amines) is 1. The number of piperidine rings is 1. The third-order valence-corrected chi connectivity index (χ3v) is 4.24. The molecule has 21 heavy (non-hydrogen) atoms. The van der Waals surface area contributed by atoms with Crippen molar-refractivity contribution in [2.45, 2.75) is 25.7 Å². The van der Waals surface area contributed by atoms with E-state index in [4.69, 9.17) is 16.3 Å². The molecule has 1 amide bonds. The number of amides is 1. The van der Waals surface area contributed by atoms with E-state index in [-0.39, 0.29) is 10.9 Å². The highest BCUT2D eigenvalue weighted by Crippen LogP contribution is 2.23. The first-order valence-corrected chi connectivity index (χ1v) is 7.73. The van der Waals surface area contributed by atoms with Gasteiger partial charge in [0.05, 0.1) is 5.02 Å². The number of hydrogen-bond donors (Lipinski definition) is 0. The van der Waals surface area contributed by atoms with E-state index in [1.165, 1.54) is 12.1 Å². The number of halogens is 2. The van der Waals surface area contributed by atoms with Crippen molar-refractivity contribution >= 4 is 17.5 Å². The molecule has 0 N–H and O–H groups in total. The fraction of sp³-hybridized carbons (Fsp3) is 0.562. The minimum Gasteiger partial charge on any atom is -0.385 e. The number of methoxy groups -OCH3 is 1. The zero-order chi connectivity index (χ0) is 15.2. The fourth-order valence-electron chi connectivity index (χ4n) is 2.81. The number of benzene rings is 1. The first-order chi connectivity index (χ1) is 10.1. The van der Waals surface area contributed by atoms with E-state index < -0.39 is 5.82 Å². The van der Waals surface area contributed by atoms with Crippen LogP contribution in [-0.2, 0) is 4.74 Å². The van der Waals surface area contributed by atoms with Gasteiger partial charge >= 0.3 is 0 Å². The lowest BCUT2D eigenvalue weighted by Gasteiger charge is -2.33. The quantitative estimate of drug-likeness (QED) is 0.775. The molecule has 1 aliphatic rings. The van der Waals surface area contributed by atoms with E-state index in [1.54, 1.807) is 13.2 Å². The predicted molar refractivity (Wildman–Crippen MR) is 81.1 cm³/mol. The van der Waals surface area contributed by atoms with Crippen molar-refractivity contribution in [2.75, 3.05) is 26.8 Å². The number of carbonyl (C=O) groups excluding carboxylic acids is 1. The Hall–Kier alpha value is -1.13. The number of rotatable bonds is 5. The molecule has 1 aromatic rings. The van der Waals surface area contributed by atoms with Gasteiger partial charge in [-0.25, -0.2) is 4.39 Å². The lowest BCUT2D eigenvalue weighted by atomic mass is 9.93. The average molecular weight is 314 g/mol. The normalized spacial score (nSPS) is 18.8. The summed E-state index contributed by atoms with van der Waals surface area (Å²) >= 11 is 5.65. The number of carbonyl (C=O) groups is 1. The minimum absolute atomic E-state index is 0.0441. The third-order valence-electron chi connectivity index (χ3n) is 3.93. The van der Waals surface area contributed by atoms with Crippen LogP contribution in [0, 0.1) is 11.7 Å². The van der Waals surface area contributed by atoms with Gasteiger partial charge in [-0.3, -0.25) is 4.79 Å². The fourth-order valence-corrected chi connectivity index (χ4v) is 2.93. The van der Waals surface area contributed by atoms with Crippen LogP contribution >= 0.6 is 11.6 Å². The Morgan fingerprint density at radius 1 is 1.52 bits per heavy atom. The Labute approximate surface area is 130 Å². The molecule has 1 heterocycles. The predicted octanol–water partition coefficient (Wildman–Crippen LogP) is 3.76. The van der Waals surface area contributed by atoms with E-state index in [0.29, 0.717) is 11.5 Å². The summed E-state index contributed by atoms with van der Waals surface area (Å²) in [6.07, 6.45) is 4.22. The maximum atomic E-state index is 13.5. The Balaban J connectivity index is 1.96. The van der Waals surface area contributed by atoms with Crippen LogP contribution in [0.15, 0.2) is 18.2 Å². The summed E-state index contributed by atoms with van der Waals surface area (Å²) < 4.78 is 18.5. The number of ether oxygens (including phenoxy) is 1. The molecule has 2 rings (SSSR count). The minimum atomic E-state index is -0.545. The van der Waals surface area contributed by atoms with E-state index in [2.05, 4.69) is 0 Å². The van der Waals surface area contributed by atoms with Crippen LogP contribution in [0.4, 0.5) is 4.39 Å². The second kappa shape index (κ2) is 7.76. The lowest BCUT2D eigenvalue weighted by molar-refractivity contribution is 0.0660. The first kappa shape index (κ1) is 16.2. The van der Waals surface area contributed by atoms with Crippen molar-refractivity contribution in [2.24, 2.45) is 5.92 Å². The van der Waals surface area contributed by atoms with Crippen molar-refractivity contribution < 1.29 is 13.9 Å². The maximum absolute atomic E-state index is 13.5. The topological polar surface area (TPSA) is 29.5 Å². The average Bonchev–Trinajstić information content (AvgIpc) is 2.50. The van der Waals surface area contributed by atoms with Gasteiger partial charge in [0.2, 0.25) is 0 Å². The van der Waals surface area contributed by atoms with Gasteiger partial charge in [0.1, 0.15) is 5.82 Å². The second-order valence-corrected chi connectivity index (χ2v) is 5.93. The SMILES string of the molecule is COCCC[C@@H]1CCCN(C(=O)c2ccc(Cl)c(F)c2)C1. The lowest BCUT2D eigenvalue weighted by Crippen LogP contribution is -2.40. The zero-order valence-corrected chi connectivity index (χ0v) is 13.0. The second-order valence-electron chi connectivity index (χ2n) is 5.52. The summed E-state index contributed by atoms with van der Waals surface area (Å²) in [5.41, 5.74) is 0.370. The van der Waals surface area contributed by atoms with E-state index in [0.717, 1.165) is 45.4 Å². The Morgan fingerprint density at radius 3 is 3.05 bits per heavy atom. The van der Waals surface area contributed by atoms with Crippen LogP contribution in [0.3, 0.4) is 0 Å². The first-order valence-electron chi connectivity index (χ1n) is 7.35. The van der Waals surface area contributed by atoms with Crippen molar-refractivity contribution in [1.82, 2.24) is 4.90 Å². The summed E-state index contributed by atoms with van der Waals surface area (Å²) in [4.78, 5) is 14.3. The van der Waals surface area contributed by atoms with Gasteiger partial charge in [-0.1, -0.05) is 11.6 Å². The molecule has 1 aliphatic heterocycles. The molecule has 0 radical (unpaired) electrons. The van der Waals surface area contributed by atoms with E-state index >= 15 is 0 Å². The Morgan fingerprint density at radius 2 is 2.33 bits per heavy atom. The summed E-state index contributed by atoms with van der Waals surface area (Å²) in [6.45, 7) is 2.24. The van der Waals surface area contributed by atoms with Gasteiger partial charge in [0.25, 0.3) is 5.91 Å². The molecule has 0 aromatic heterocycles.